The maximum absolute atomic E-state index is 13.2. The zero-order chi connectivity index (χ0) is 24.1. The third-order valence-corrected chi connectivity index (χ3v) is 6.74. The molecule has 0 N–H and O–H groups in total. The van der Waals surface area contributed by atoms with Crippen molar-refractivity contribution in [1.82, 2.24) is 9.80 Å². The molecule has 6 nitrogen and oxygen atoms in total. The van der Waals surface area contributed by atoms with Crippen molar-refractivity contribution in [3.8, 4) is 5.75 Å². The maximum atomic E-state index is 13.2. The quantitative estimate of drug-likeness (QED) is 0.609. The molecule has 0 saturated carbocycles. The highest BCUT2D eigenvalue weighted by molar-refractivity contribution is 5.94. The van der Waals surface area contributed by atoms with Crippen LogP contribution in [0.4, 0.5) is 0 Å². The van der Waals surface area contributed by atoms with Crippen LogP contribution < -0.4 is 4.74 Å². The molecule has 1 unspecified atom stereocenters. The Morgan fingerprint density at radius 3 is 2.53 bits per heavy atom. The lowest BCUT2D eigenvalue weighted by molar-refractivity contribution is -0.186. The first-order valence-electron chi connectivity index (χ1n) is 12.4. The van der Waals surface area contributed by atoms with Crippen molar-refractivity contribution < 1.29 is 19.0 Å². The second kappa shape index (κ2) is 10.9. The number of morpholine rings is 1. The number of benzene rings is 2. The fourth-order valence-corrected chi connectivity index (χ4v) is 5.17. The summed E-state index contributed by atoms with van der Waals surface area (Å²) >= 11 is 0. The molecule has 0 aliphatic carbocycles. The number of rotatable bonds is 7. The van der Waals surface area contributed by atoms with Gasteiger partial charge in [-0.25, -0.2) is 0 Å². The number of nitrogens with zero attached hydrogens (tertiary/aromatic N) is 2. The topological polar surface area (TPSA) is 51.2 Å². The van der Waals surface area contributed by atoms with Gasteiger partial charge in [-0.2, -0.15) is 0 Å². The van der Waals surface area contributed by atoms with Gasteiger partial charge in [-0.05, 0) is 62.9 Å². The predicted molar refractivity (Wildman–Crippen MR) is 133 cm³/mol. The fraction of sp³-hybridized carbons (Fsp3) is 0.536. The SMILES string of the molecule is COCC1CN(Cc2ccccc2)CC2(CCN(C(=O)c3ccc(OC(C)C)c(C)c3)CC2)O1. The molecule has 2 aliphatic rings. The molecule has 34 heavy (non-hydrogen) atoms. The third kappa shape index (κ3) is 5.98. The fourth-order valence-electron chi connectivity index (χ4n) is 5.17. The van der Waals surface area contributed by atoms with Gasteiger partial charge in [0, 0.05) is 45.4 Å². The Bertz CT molecular complexity index is 954. The molecule has 4 rings (SSSR count). The smallest absolute Gasteiger partial charge is 0.253 e. The van der Waals surface area contributed by atoms with E-state index >= 15 is 0 Å². The summed E-state index contributed by atoms with van der Waals surface area (Å²) in [5.74, 6) is 0.918. The Balaban J connectivity index is 1.41. The number of likely N-dealkylation sites (tertiary alicyclic amines) is 1. The number of carbonyl (C=O) groups is 1. The highest BCUT2D eigenvalue weighted by Gasteiger charge is 2.43. The minimum Gasteiger partial charge on any atom is -0.491 e. The standard InChI is InChI=1S/C28H38N2O4/c1-21(2)33-26-11-10-24(16-22(26)3)27(31)30-14-12-28(13-15-30)20-29(18-25(34-28)19-32-4)17-23-8-6-5-7-9-23/h5-11,16,21,25H,12-15,17-20H2,1-4H3. The molecule has 2 aromatic carbocycles. The molecule has 2 heterocycles. The van der Waals surface area contributed by atoms with Crippen molar-refractivity contribution >= 4 is 5.91 Å². The lowest BCUT2D eigenvalue weighted by Gasteiger charge is -2.50. The van der Waals surface area contributed by atoms with Gasteiger partial charge >= 0.3 is 0 Å². The summed E-state index contributed by atoms with van der Waals surface area (Å²) in [7, 11) is 1.73. The summed E-state index contributed by atoms with van der Waals surface area (Å²) in [6.45, 7) is 10.6. The van der Waals surface area contributed by atoms with Crippen LogP contribution >= 0.6 is 0 Å². The zero-order valence-corrected chi connectivity index (χ0v) is 21.0. The first-order chi connectivity index (χ1) is 16.4. The lowest BCUT2D eigenvalue weighted by Crippen LogP contribution is -2.60. The van der Waals surface area contributed by atoms with Gasteiger partial charge in [-0.1, -0.05) is 30.3 Å². The van der Waals surface area contributed by atoms with Gasteiger partial charge in [0.2, 0.25) is 0 Å². The molecule has 1 spiro atoms. The minimum absolute atomic E-state index is 0.0425. The molecule has 2 saturated heterocycles. The molecule has 184 valence electrons. The lowest BCUT2D eigenvalue weighted by atomic mass is 9.88. The van der Waals surface area contributed by atoms with Crippen LogP contribution in [-0.2, 0) is 16.0 Å². The van der Waals surface area contributed by atoms with Gasteiger partial charge in [-0.15, -0.1) is 0 Å². The van der Waals surface area contributed by atoms with Crippen LogP contribution in [0, 0.1) is 6.92 Å². The van der Waals surface area contributed by atoms with Crippen molar-refractivity contribution in [2.24, 2.45) is 0 Å². The van der Waals surface area contributed by atoms with Crippen molar-refractivity contribution in [3.05, 3.63) is 65.2 Å². The number of ether oxygens (including phenoxy) is 3. The molecule has 1 atom stereocenters. The molecule has 2 aromatic rings. The van der Waals surface area contributed by atoms with Crippen LogP contribution in [-0.4, -0.2) is 73.4 Å². The van der Waals surface area contributed by atoms with E-state index in [-0.39, 0.29) is 23.7 Å². The Morgan fingerprint density at radius 1 is 1.15 bits per heavy atom. The van der Waals surface area contributed by atoms with Gasteiger partial charge in [0.05, 0.1) is 24.4 Å². The van der Waals surface area contributed by atoms with Gasteiger partial charge in [0.25, 0.3) is 5.91 Å². The molecule has 0 radical (unpaired) electrons. The predicted octanol–water partition coefficient (Wildman–Crippen LogP) is 4.30. The van der Waals surface area contributed by atoms with E-state index < -0.39 is 0 Å². The van der Waals surface area contributed by atoms with Gasteiger partial charge < -0.3 is 19.1 Å². The van der Waals surface area contributed by atoms with Crippen LogP contribution in [0.1, 0.15) is 48.2 Å². The first-order valence-corrected chi connectivity index (χ1v) is 12.4. The van der Waals surface area contributed by atoms with Crippen LogP contribution in [0.3, 0.4) is 0 Å². The molecule has 0 bridgehead atoms. The van der Waals surface area contributed by atoms with Crippen LogP contribution in [0.15, 0.2) is 48.5 Å². The summed E-state index contributed by atoms with van der Waals surface area (Å²) < 4.78 is 17.9. The number of amides is 1. The van der Waals surface area contributed by atoms with Crippen LogP contribution in [0.2, 0.25) is 0 Å². The first kappa shape index (κ1) is 24.7. The second-order valence-electron chi connectivity index (χ2n) is 9.97. The van der Waals surface area contributed by atoms with Gasteiger partial charge in [0.15, 0.2) is 0 Å². The molecular weight excluding hydrogens is 428 g/mol. The Kier molecular flexibility index (Phi) is 7.91. The van der Waals surface area contributed by atoms with Crippen LogP contribution in [0.25, 0.3) is 0 Å². The molecule has 0 aromatic heterocycles. The number of aryl methyl sites for hydroxylation is 1. The molecule has 6 heteroatoms. The Labute approximate surface area is 203 Å². The Morgan fingerprint density at radius 2 is 1.88 bits per heavy atom. The van der Waals surface area contributed by atoms with Gasteiger partial charge in [0.1, 0.15) is 5.75 Å². The van der Waals surface area contributed by atoms with E-state index in [4.69, 9.17) is 14.2 Å². The summed E-state index contributed by atoms with van der Waals surface area (Å²) in [6, 6.07) is 16.3. The number of hydrogen-bond acceptors (Lipinski definition) is 5. The van der Waals surface area contributed by atoms with E-state index in [1.807, 2.05) is 43.9 Å². The van der Waals surface area contributed by atoms with E-state index in [0.29, 0.717) is 19.7 Å². The maximum Gasteiger partial charge on any atom is 0.253 e. The monoisotopic (exact) mass is 466 g/mol. The molecule has 2 fully saturated rings. The summed E-state index contributed by atoms with van der Waals surface area (Å²) in [6.07, 6.45) is 1.81. The highest BCUT2D eigenvalue weighted by Crippen LogP contribution is 2.34. The van der Waals surface area contributed by atoms with E-state index in [2.05, 4.69) is 35.2 Å². The van der Waals surface area contributed by atoms with Crippen LogP contribution in [0.5, 0.6) is 5.75 Å². The van der Waals surface area contributed by atoms with E-state index in [1.165, 1.54) is 5.56 Å². The average molecular weight is 467 g/mol. The molecule has 1 amide bonds. The normalized spacial score (nSPS) is 20.6. The summed E-state index contributed by atoms with van der Waals surface area (Å²) in [5, 5.41) is 0. The van der Waals surface area contributed by atoms with Gasteiger partial charge in [-0.3, -0.25) is 9.69 Å². The summed E-state index contributed by atoms with van der Waals surface area (Å²) in [4.78, 5) is 17.7. The highest BCUT2D eigenvalue weighted by atomic mass is 16.5. The minimum atomic E-state index is -0.238. The zero-order valence-electron chi connectivity index (χ0n) is 21.0. The number of piperidine rings is 1. The second-order valence-corrected chi connectivity index (χ2v) is 9.97. The number of carbonyl (C=O) groups excluding carboxylic acids is 1. The van der Waals surface area contributed by atoms with E-state index in [9.17, 15) is 4.79 Å². The van der Waals surface area contributed by atoms with E-state index in [1.54, 1.807) is 7.11 Å². The average Bonchev–Trinajstić information content (AvgIpc) is 2.81. The summed E-state index contributed by atoms with van der Waals surface area (Å²) in [5.41, 5.74) is 2.78. The number of methoxy groups -OCH3 is 1. The van der Waals surface area contributed by atoms with Crippen molar-refractivity contribution in [1.29, 1.82) is 0 Å². The van der Waals surface area contributed by atoms with E-state index in [0.717, 1.165) is 49.4 Å². The van der Waals surface area contributed by atoms with Crippen molar-refractivity contribution in [2.75, 3.05) is 39.9 Å². The van der Waals surface area contributed by atoms with Crippen molar-refractivity contribution in [2.45, 2.75) is 58.0 Å². The van der Waals surface area contributed by atoms with Crippen molar-refractivity contribution in [3.63, 3.8) is 0 Å². The Hall–Kier alpha value is -2.41. The third-order valence-electron chi connectivity index (χ3n) is 6.74. The largest absolute Gasteiger partial charge is 0.491 e. The molecular formula is C28H38N2O4. The number of hydrogen-bond donors (Lipinski definition) is 0. The molecule has 2 aliphatic heterocycles.